The van der Waals surface area contributed by atoms with Crippen LogP contribution in [0.3, 0.4) is 0 Å². The van der Waals surface area contributed by atoms with Crippen LogP contribution in [0.25, 0.3) is 0 Å². The van der Waals surface area contributed by atoms with Crippen molar-refractivity contribution in [1.29, 1.82) is 0 Å². The number of nitrogens with zero attached hydrogens (tertiary/aromatic N) is 3. The maximum Gasteiger partial charge on any atom is 0.321 e. The van der Waals surface area contributed by atoms with Crippen LogP contribution in [0.5, 0.6) is 5.75 Å². The number of hydrogen-bond acceptors (Lipinski definition) is 5. The second-order valence-electron chi connectivity index (χ2n) is 8.42. The topological polar surface area (TPSA) is 66.3 Å². The number of aryl methyl sites for hydroxylation is 1. The molecule has 2 aliphatic rings. The van der Waals surface area contributed by atoms with E-state index in [1.54, 1.807) is 11.8 Å². The average molecular weight is 465 g/mol. The third-order valence-corrected chi connectivity index (χ3v) is 7.05. The molecule has 4 rings (SSSR count). The number of para-hydroxylation sites is 2. The first-order chi connectivity index (χ1) is 16.0. The van der Waals surface area contributed by atoms with Crippen molar-refractivity contribution in [1.82, 2.24) is 4.90 Å². The number of likely N-dealkylation sites (tertiary alicyclic amines) is 1. The molecule has 2 amide bonds. The molecule has 174 valence electrons. The summed E-state index contributed by atoms with van der Waals surface area (Å²) in [6.45, 7) is 7.99. The lowest BCUT2D eigenvalue weighted by atomic mass is 9.98. The number of rotatable bonds is 6. The summed E-state index contributed by atoms with van der Waals surface area (Å²) in [5.41, 5.74) is 3.58. The molecule has 0 aliphatic carbocycles. The summed E-state index contributed by atoms with van der Waals surface area (Å²) in [4.78, 5) is 25.0. The van der Waals surface area contributed by atoms with E-state index in [-0.39, 0.29) is 6.03 Å². The number of aliphatic imine (C=N–C) groups is 2. The van der Waals surface area contributed by atoms with Gasteiger partial charge >= 0.3 is 6.03 Å². The lowest BCUT2D eigenvalue weighted by Crippen LogP contribution is -2.46. The molecule has 0 aromatic heterocycles. The van der Waals surface area contributed by atoms with E-state index in [1.807, 2.05) is 36.1 Å². The Bertz CT molecular complexity index is 1040. The van der Waals surface area contributed by atoms with Gasteiger partial charge in [0.25, 0.3) is 0 Å². The van der Waals surface area contributed by atoms with Crippen molar-refractivity contribution >= 4 is 34.2 Å². The van der Waals surface area contributed by atoms with E-state index < -0.39 is 5.66 Å². The maximum absolute atomic E-state index is 12.9. The number of piperidine rings is 1. The Morgan fingerprint density at radius 2 is 1.82 bits per heavy atom. The molecule has 7 heteroatoms. The van der Waals surface area contributed by atoms with Gasteiger partial charge in [-0.1, -0.05) is 48.9 Å². The minimum Gasteiger partial charge on any atom is -0.492 e. The Morgan fingerprint density at radius 3 is 2.52 bits per heavy atom. The highest BCUT2D eigenvalue weighted by atomic mass is 32.2. The van der Waals surface area contributed by atoms with Crippen LogP contribution in [0.1, 0.15) is 44.2 Å². The monoisotopic (exact) mass is 464 g/mol. The Kier molecular flexibility index (Phi) is 7.38. The Hall–Kier alpha value is -2.80. The lowest BCUT2D eigenvalue weighted by Gasteiger charge is -2.35. The van der Waals surface area contributed by atoms with Crippen LogP contribution in [0.2, 0.25) is 0 Å². The number of ether oxygens (including phenoxy) is 1. The zero-order valence-corrected chi connectivity index (χ0v) is 20.5. The first-order valence-electron chi connectivity index (χ1n) is 11.7. The van der Waals surface area contributed by atoms with Crippen molar-refractivity contribution in [3.8, 4) is 5.75 Å². The van der Waals surface area contributed by atoms with E-state index >= 15 is 0 Å². The predicted octanol–water partition coefficient (Wildman–Crippen LogP) is 5.76. The van der Waals surface area contributed by atoms with Crippen LogP contribution in [0, 0.1) is 6.92 Å². The molecule has 1 spiro atoms. The molecule has 2 aromatic rings. The van der Waals surface area contributed by atoms with Crippen molar-refractivity contribution in [3.05, 3.63) is 59.7 Å². The fraction of sp³-hybridized carbons (Fsp3) is 0.423. The second kappa shape index (κ2) is 10.4. The van der Waals surface area contributed by atoms with E-state index in [0.717, 1.165) is 41.3 Å². The third-order valence-electron chi connectivity index (χ3n) is 5.88. The summed E-state index contributed by atoms with van der Waals surface area (Å²) in [6.07, 6.45) is 2.53. The molecule has 6 nitrogen and oxygen atoms in total. The van der Waals surface area contributed by atoms with Gasteiger partial charge in [-0.15, -0.1) is 11.8 Å². The maximum atomic E-state index is 12.9. The largest absolute Gasteiger partial charge is 0.492 e. The summed E-state index contributed by atoms with van der Waals surface area (Å²) in [5.74, 6) is 1.71. The summed E-state index contributed by atoms with van der Waals surface area (Å²) >= 11 is 1.79. The molecule has 2 aliphatic heterocycles. The molecule has 33 heavy (non-hydrogen) atoms. The van der Waals surface area contributed by atoms with Gasteiger partial charge in [0.2, 0.25) is 0 Å². The number of thioether (sulfide) groups is 1. The minimum absolute atomic E-state index is 0.109. The van der Waals surface area contributed by atoms with Crippen LogP contribution in [-0.2, 0) is 0 Å². The summed E-state index contributed by atoms with van der Waals surface area (Å²) in [5, 5.41) is 4.04. The molecule has 0 unspecified atom stereocenters. The number of anilines is 1. The predicted molar refractivity (Wildman–Crippen MR) is 138 cm³/mol. The van der Waals surface area contributed by atoms with Gasteiger partial charge in [0.05, 0.1) is 18.0 Å². The van der Waals surface area contributed by atoms with E-state index in [4.69, 9.17) is 14.7 Å². The first-order valence-corrected chi connectivity index (χ1v) is 12.7. The Labute approximate surface area is 200 Å². The zero-order chi connectivity index (χ0) is 23.3. The Morgan fingerprint density at radius 1 is 1.09 bits per heavy atom. The van der Waals surface area contributed by atoms with Crippen LogP contribution in [0.15, 0.2) is 58.5 Å². The highest BCUT2D eigenvalue weighted by Gasteiger charge is 2.40. The minimum atomic E-state index is -0.462. The molecule has 1 fully saturated rings. The lowest BCUT2D eigenvalue weighted by molar-refractivity contribution is 0.175. The standard InChI is InChI=1S/C26H32N4O2S/c1-4-18-33-24-23(20-12-10-19(3)11-13-20)28-26(29-24)14-16-30(17-15-26)25(31)27-21-8-6-7-9-22(21)32-5-2/h6-13H,4-5,14-18H2,1-3H3,(H,27,31). The highest BCUT2D eigenvalue weighted by Crippen LogP contribution is 2.36. The van der Waals surface area contributed by atoms with Crippen molar-refractivity contribution in [2.24, 2.45) is 9.98 Å². The molecule has 1 N–H and O–H groups in total. The van der Waals surface area contributed by atoms with Crippen LogP contribution in [-0.4, -0.2) is 52.8 Å². The number of carbonyl (C=O) groups is 1. The van der Waals surface area contributed by atoms with Gasteiger partial charge in [-0.25, -0.2) is 9.79 Å². The van der Waals surface area contributed by atoms with E-state index in [9.17, 15) is 4.79 Å². The highest BCUT2D eigenvalue weighted by molar-refractivity contribution is 8.15. The number of benzene rings is 2. The first kappa shape index (κ1) is 23.4. The molecular formula is C26H32N4O2S. The second-order valence-corrected chi connectivity index (χ2v) is 9.50. The third kappa shape index (κ3) is 5.41. The fourth-order valence-corrected chi connectivity index (χ4v) is 4.99. The quantitative estimate of drug-likeness (QED) is 0.591. The Balaban J connectivity index is 1.46. The van der Waals surface area contributed by atoms with E-state index in [1.165, 1.54) is 5.56 Å². The summed E-state index contributed by atoms with van der Waals surface area (Å²) in [7, 11) is 0. The number of urea groups is 1. The molecule has 0 radical (unpaired) electrons. The number of amides is 2. The van der Waals surface area contributed by atoms with Gasteiger partial charge in [-0.2, -0.15) is 0 Å². The SMILES string of the molecule is CCCSC1=NC2(CCN(C(=O)Nc3ccccc3OCC)CC2)N=C1c1ccc(C)cc1. The number of hydrogen-bond donors (Lipinski definition) is 1. The van der Waals surface area contributed by atoms with Gasteiger partial charge in [0.1, 0.15) is 10.8 Å². The molecule has 0 saturated carbocycles. The van der Waals surface area contributed by atoms with Crippen LogP contribution >= 0.6 is 11.8 Å². The van der Waals surface area contributed by atoms with Gasteiger partial charge in [0, 0.05) is 31.5 Å². The van der Waals surface area contributed by atoms with Crippen molar-refractivity contribution in [2.75, 3.05) is 30.8 Å². The zero-order valence-electron chi connectivity index (χ0n) is 19.6. The van der Waals surface area contributed by atoms with Gasteiger partial charge in [-0.3, -0.25) is 4.99 Å². The number of carbonyl (C=O) groups excluding carboxylic acids is 1. The van der Waals surface area contributed by atoms with Gasteiger partial charge < -0.3 is 15.0 Å². The van der Waals surface area contributed by atoms with Gasteiger partial charge in [-0.05, 0) is 38.2 Å². The van der Waals surface area contributed by atoms with Gasteiger partial charge in [0.15, 0.2) is 5.66 Å². The smallest absolute Gasteiger partial charge is 0.321 e. The van der Waals surface area contributed by atoms with Crippen molar-refractivity contribution in [2.45, 2.75) is 45.7 Å². The fourth-order valence-electron chi connectivity index (χ4n) is 4.06. The van der Waals surface area contributed by atoms with Crippen LogP contribution in [0.4, 0.5) is 10.5 Å². The summed E-state index contributed by atoms with van der Waals surface area (Å²) in [6, 6.07) is 15.9. The summed E-state index contributed by atoms with van der Waals surface area (Å²) < 4.78 is 5.64. The molecule has 0 bridgehead atoms. The molecule has 0 atom stereocenters. The van der Waals surface area contributed by atoms with Crippen LogP contribution < -0.4 is 10.1 Å². The molecule has 2 aromatic carbocycles. The molecule has 1 saturated heterocycles. The molecule has 2 heterocycles. The normalized spacial score (nSPS) is 17.0. The molecular weight excluding hydrogens is 432 g/mol. The average Bonchev–Trinajstić information content (AvgIpc) is 3.17. The van der Waals surface area contributed by atoms with Crippen molar-refractivity contribution in [3.63, 3.8) is 0 Å². The van der Waals surface area contributed by atoms with E-state index in [0.29, 0.717) is 31.1 Å². The number of nitrogens with one attached hydrogen (secondary N) is 1. The van der Waals surface area contributed by atoms with E-state index in [2.05, 4.69) is 43.4 Å². The van der Waals surface area contributed by atoms with Crippen molar-refractivity contribution < 1.29 is 9.53 Å².